The Morgan fingerprint density at radius 3 is 1.80 bits per heavy atom. The molecular formula is C59H39BN2O2. The number of para-hydroxylation sites is 4. The van der Waals surface area contributed by atoms with Crippen LogP contribution in [0, 0.1) is 0 Å². The van der Waals surface area contributed by atoms with Crippen LogP contribution in [0.1, 0.15) is 48.6 Å². The van der Waals surface area contributed by atoms with Crippen LogP contribution < -0.4 is 20.6 Å². The lowest BCUT2D eigenvalue weighted by atomic mass is 9.42. The molecule has 15 rings (SSSR count). The lowest BCUT2D eigenvalue weighted by Crippen LogP contribution is -2.62. The zero-order valence-corrected chi connectivity index (χ0v) is 35.6. The first-order valence-corrected chi connectivity index (χ1v) is 22.5. The van der Waals surface area contributed by atoms with Crippen molar-refractivity contribution in [1.82, 2.24) is 0 Å². The van der Waals surface area contributed by atoms with Gasteiger partial charge in [0.15, 0.2) is 0 Å². The van der Waals surface area contributed by atoms with Crippen molar-refractivity contribution in [2.45, 2.75) is 31.6 Å². The Morgan fingerprint density at radius 2 is 1.08 bits per heavy atom. The second kappa shape index (κ2) is 11.8. The van der Waals surface area contributed by atoms with Gasteiger partial charge < -0.3 is 18.5 Å². The Bertz CT molecular complexity index is 3820. The van der Waals surface area contributed by atoms with Gasteiger partial charge in [-0.05, 0) is 103 Å². The average Bonchev–Trinajstić information content (AvgIpc) is 3.99. The summed E-state index contributed by atoms with van der Waals surface area (Å²) in [6.07, 6.45) is 0. The number of anilines is 5. The average molecular weight is 819 g/mol. The normalized spacial score (nSPS) is 14.8. The summed E-state index contributed by atoms with van der Waals surface area (Å²) in [7, 11) is 0. The van der Waals surface area contributed by atoms with Gasteiger partial charge in [0.1, 0.15) is 22.3 Å². The minimum Gasteiger partial charge on any atom is -0.456 e. The first-order chi connectivity index (χ1) is 31.4. The molecule has 0 radical (unpaired) electrons. The smallest absolute Gasteiger partial charge is 0.333 e. The maximum atomic E-state index is 6.98. The molecule has 0 bridgehead atoms. The fourth-order valence-electron chi connectivity index (χ4n) is 12.5. The molecule has 64 heavy (non-hydrogen) atoms. The van der Waals surface area contributed by atoms with Gasteiger partial charge in [-0.15, -0.1) is 0 Å². The number of hydrogen-bond acceptors (Lipinski definition) is 4. The molecule has 2 aromatic heterocycles. The van der Waals surface area contributed by atoms with Crippen LogP contribution in [0.15, 0.2) is 191 Å². The largest absolute Gasteiger partial charge is 0.456 e. The lowest BCUT2D eigenvalue weighted by molar-refractivity contribution is 0.590. The van der Waals surface area contributed by atoms with Gasteiger partial charge in [-0.1, -0.05) is 154 Å². The highest BCUT2D eigenvalue weighted by Gasteiger charge is 2.56. The zero-order chi connectivity index (χ0) is 42.2. The summed E-state index contributed by atoms with van der Waals surface area (Å²) in [4.78, 5) is 5.25. The van der Waals surface area contributed by atoms with Crippen molar-refractivity contribution in [3.8, 4) is 22.3 Å². The highest BCUT2D eigenvalue weighted by Crippen LogP contribution is 2.64. The molecule has 5 heterocycles. The third-order valence-electron chi connectivity index (χ3n) is 15.0. The minimum atomic E-state index is -0.546. The topological polar surface area (TPSA) is 32.8 Å². The molecule has 0 amide bonds. The second-order valence-corrected chi connectivity index (χ2v) is 19.1. The first-order valence-electron chi connectivity index (χ1n) is 22.5. The number of rotatable bonds is 1. The summed E-state index contributed by atoms with van der Waals surface area (Å²) in [6.45, 7) is 6.67. The van der Waals surface area contributed by atoms with Crippen molar-refractivity contribution in [1.29, 1.82) is 0 Å². The molecule has 5 heteroatoms. The van der Waals surface area contributed by atoms with Crippen molar-refractivity contribution in [3.05, 3.63) is 210 Å². The summed E-state index contributed by atoms with van der Waals surface area (Å²) in [6, 6.07) is 67.8. The first kappa shape index (κ1) is 34.8. The summed E-state index contributed by atoms with van der Waals surface area (Å²) in [5.41, 5.74) is 22.9. The van der Waals surface area contributed by atoms with E-state index in [0.717, 1.165) is 60.9 Å². The Labute approximate surface area is 370 Å². The number of fused-ring (bicyclic) bond motifs is 21. The van der Waals surface area contributed by atoms with Crippen LogP contribution in [-0.4, -0.2) is 6.85 Å². The molecule has 11 aromatic rings. The minimum absolute atomic E-state index is 0.000501. The van der Waals surface area contributed by atoms with Gasteiger partial charge in [-0.3, -0.25) is 0 Å². The van der Waals surface area contributed by atoms with Gasteiger partial charge >= 0.3 is 6.85 Å². The quantitative estimate of drug-likeness (QED) is 0.155. The summed E-state index contributed by atoms with van der Waals surface area (Å²) in [5, 5.41) is 4.50. The highest BCUT2D eigenvalue weighted by molar-refractivity contribution is 6.94. The third-order valence-corrected chi connectivity index (χ3v) is 15.0. The van der Waals surface area contributed by atoms with Gasteiger partial charge in [0, 0.05) is 50.5 Å². The monoisotopic (exact) mass is 818 g/mol. The number of nitrogens with zero attached hydrogens (tertiary/aromatic N) is 2. The Morgan fingerprint density at radius 1 is 0.469 bits per heavy atom. The second-order valence-electron chi connectivity index (χ2n) is 19.1. The number of hydrogen-bond donors (Lipinski definition) is 0. The van der Waals surface area contributed by atoms with Gasteiger partial charge in [0.25, 0.3) is 0 Å². The van der Waals surface area contributed by atoms with Gasteiger partial charge in [-0.2, -0.15) is 0 Å². The van der Waals surface area contributed by atoms with E-state index in [1.807, 2.05) is 0 Å². The molecule has 300 valence electrons. The van der Waals surface area contributed by atoms with Crippen molar-refractivity contribution in [2.75, 3.05) is 9.71 Å². The van der Waals surface area contributed by atoms with E-state index < -0.39 is 5.41 Å². The molecule has 1 spiro atoms. The lowest BCUT2D eigenvalue weighted by Gasteiger charge is -2.51. The van der Waals surface area contributed by atoms with Crippen LogP contribution in [0.5, 0.6) is 0 Å². The summed E-state index contributed by atoms with van der Waals surface area (Å²) in [5.74, 6) is 0. The Balaban J connectivity index is 1.15. The molecule has 4 nitrogen and oxygen atoms in total. The van der Waals surface area contributed by atoms with E-state index in [0.29, 0.717) is 0 Å². The van der Waals surface area contributed by atoms with E-state index in [4.69, 9.17) is 8.83 Å². The van der Waals surface area contributed by atoms with E-state index >= 15 is 0 Å². The van der Waals surface area contributed by atoms with Gasteiger partial charge in [0.05, 0.1) is 16.5 Å². The predicted molar refractivity (Wildman–Crippen MR) is 264 cm³/mol. The SMILES string of the molecule is CC(C)(C)c1ccc(N2B3c4cccc5c4N(c4ccccc4C54c5ccccc5-c5ccccc54)c4cc5oc6ccccc6c5c(c43)-c3ccc4oc5ccccc5c4c32)cc1. The molecule has 0 fully saturated rings. The fraction of sp³-hybridized carbons (Fsp3) is 0.0847. The van der Waals surface area contributed by atoms with Crippen molar-refractivity contribution in [2.24, 2.45) is 0 Å². The summed E-state index contributed by atoms with van der Waals surface area (Å²) >= 11 is 0. The molecular weight excluding hydrogens is 779 g/mol. The highest BCUT2D eigenvalue weighted by atomic mass is 16.3. The molecule has 9 aromatic carbocycles. The number of benzene rings is 9. The van der Waals surface area contributed by atoms with Crippen LogP contribution in [0.4, 0.5) is 28.4 Å². The molecule has 3 aliphatic heterocycles. The molecule has 1 aliphatic carbocycles. The molecule has 0 saturated carbocycles. The van der Waals surface area contributed by atoms with E-state index in [1.54, 1.807) is 0 Å². The van der Waals surface area contributed by atoms with Crippen molar-refractivity contribution < 1.29 is 8.83 Å². The van der Waals surface area contributed by atoms with E-state index in [9.17, 15) is 0 Å². The van der Waals surface area contributed by atoms with Crippen molar-refractivity contribution in [3.63, 3.8) is 0 Å². The Hall–Kier alpha value is -7.76. The Kier molecular flexibility index (Phi) is 6.43. The van der Waals surface area contributed by atoms with Crippen LogP contribution in [0.2, 0.25) is 0 Å². The molecule has 4 aliphatic rings. The maximum Gasteiger partial charge on any atom is 0.333 e. The van der Waals surface area contributed by atoms with Crippen LogP contribution in [0.25, 0.3) is 66.1 Å². The predicted octanol–water partition coefficient (Wildman–Crippen LogP) is 14.2. The van der Waals surface area contributed by atoms with E-state index in [1.165, 1.54) is 72.4 Å². The zero-order valence-electron chi connectivity index (χ0n) is 35.6. The van der Waals surface area contributed by atoms with Gasteiger partial charge in [-0.25, -0.2) is 0 Å². The molecule has 0 atom stereocenters. The third kappa shape index (κ3) is 4.08. The van der Waals surface area contributed by atoms with Crippen molar-refractivity contribution >= 4 is 90.1 Å². The van der Waals surface area contributed by atoms with E-state index in [-0.39, 0.29) is 12.3 Å². The summed E-state index contributed by atoms with van der Waals surface area (Å²) < 4.78 is 13.7. The fourth-order valence-corrected chi connectivity index (χ4v) is 12.5. The van der Waals surface area contributed by atoms with Crippen LogP contribution in [0.3, 0.4) is 0 Å². The van der Waals surface area contributed by atoms with Crippen LogP contribution in [-0.2, 0) is 10.8 Å². The molecule has 0 unspecified atom stereocenters. The van der Waals surface area contributed by atoms with Crippen LogP contribution >= 0.6 is 0 Å². The maximum absolute atomic E-state index is 6.98. The van der Waals surface area contributed by atoms with Gasteiger partial charge in [0.2, 0.25) is 0 Å². The van der Waals surface area contributed by atoms with E-state index in [2.05, 4.69) is 212 Å². The standard InChI is InChI=1S/C59H39BN2O2/c1-58(2,3)34-27-29-35(30-28-34)62-56-40(31-32-50-53(56)39-18-7-13-26-49(39)63-50)54-52-38-17-6-12-25-48(38)64-51(52)33-47-55(54)60(62)45-23-14-22-44-57(45)61(47)46-24-11-10-21-43(46)59(44)41-19-8-4-15-36(41)37-16-5-9-20-42(37)59/h4-33H,1-3H3. The molecule has 0 N–H and O–H groups in total. The molecule has 0 saturated heterocycles. The number of furan rings is 2.